The fourth-order valence-corrected chi connectivity index (χ4v) is 3.69. The fraction of sp³-hybridized carbons (Fsp3) is 0.625. The molecular weight excluding hydrogens is 286 g/mol. The Kier molecular flexibility index (Phi) is 4.85. The molecule has 0 radical (unpaired) electrons. The molecule has 2 heteroatoms. The lowest BCUT2D eigenvalue weighted by Crippen LogP contribution is -2.34. The van der Waals surface area contributed by atoms with Crippen LogP contribution in [0.15, 0.2) is 24.3 Å². The van der Waals surface area contributed by atoms with E-state index in [0.29, 0.717) is 5.92 Å². The monoisotopic (exact) mass is 309 g/mol. The van der Waals surface area contributed by atoms with Crippen LogP contribution in [0.2, 0.25) is 0 Å². The number of nitrogens with zero attached hydrogens (tertiary/aromatic N) is 1. The first-order chi connectivity index (χ1) is 8.54. The second-order valence-corrected chi connectivity index (χ2v) is 7.32. The maximum atomic E-state index is 3.66. The summed E-state index contributed by atoms with van der Waals surface area (Å²) in [6.45, 7) is 6.79. The Hall–Kier alpha value is -0.340. The Bertz CT molecular complexity index is 365. The van der Waals surface area contributed by atoms with Crippen LogP contribution in [0.25, 0.3) is 0 Å². The minimum absolute atomic E-state index is 0.627. The first-order valence-corrected chi connectivity index (χ1v) is 7.87. The zero-order valence-electron chi connectivity index (χ0n) is 11.7. The number of hydrogen-bond acceptors (Lipinski definition) is 1. The van der Waals surface area contributed by atoms with Crippen LogP contribution in [0, 0.1) is 5.92 Å². The molecule has 0 aromatic heterocycles. The molecule has 0 atom stereocenters. The molecule has 0 spiro atoms. The largest absolute Gasteiger partial charge is 0.302 e. The van der Waals surface area contributed by atoms with Gasteiger partial charge in [0.2, 0.25) is 0 Å². The summed E-state index contributed by atoms with van der Waals surface area (Å²) < 4.78 is 0. The van der Waals surface area contributed by atoms with Crippen molar-refractivity contribution in [2.75, 3.05) is 13.6 Å². The highest BCUT2D eigenvalue weighted by atomic mass is 79.9. The summed E-state index contributed by atoms with van der Waals surface area (Å²) in [6, 6.07) is 9.09. The third-order valence-corrected chi connectivity index (χ3v) is 4.59. The van der Waals surface area contributed by atoms with Gasteiger partial charge in [-0.25, -0.2) is 0 Å². The van der Waals surface area contributed by atoms with Crippen LogP contribution >= 0.6 is 15.9 Å². The van der Waals surface area contributed by atoms with E-state index in [2.05, 4.69) is 66.0 Å². The van der Waals surface area contributed by atoms with E-state index in [-0.39, 0.29) is 0 Å². The average Bonchev–Trinajstić information content (AvgIpc) is 2.27. The van der Waals surface area contributed by atoms with Gasteiger partial charge in [0.1, 0.15) is 0 Å². The molecule has 1 aliphatic rings. The molecule has 1 saturated carbocycles. The second kappa shape index (κ2) is 6.21. The summed E-state index contributed by atoms with van der Waals surface area (Å²) in [4.78, 5) is 3.23. The van der Waals surface area contributed by atoms with Crippen molar-refractivity contribution in [2.45, 2.75) is 44.0 Å². The van der Waals surface area contributed by atoms with E-state index in [1.807, 2.05) is 0 Å². The first-order valence-electron chi connectivity index (χ1n) is 6.96. The van der Waals surface area contributed by atoms with Gasteiger partial charge in [0.05, 0.1) is 0 Å². The van der Waals surface area contributed by atoms with Crippen molar-refractivity contribution >= 4 is 15.9 Å². The van der Waals surface area contributed by atoms with E-state index < -0.39 is 0 Å². The Labute approximate surface area is 120 Å². The lowest BCUT2D eigenvalue weighted by atomic mass is 9.85. The zero-order chi connectivity index (χ0) is 13.1. The van der Waals surface area contributed by atoms with Gasteiger partial charge in [-0.1, -0.05) is 54.0 Å². The van der Waals surface area contributed by atoms with E-state index in [1.54, 1.807) is 0 Å². The number of benzene rings is 1. The van der Waals surface area contributed by atoms with Crippen LogP contribution in [0.5, 0.6) is 0 Å². The summed E-state index contributed by atoms with van der Waals surface area (Å²) in [7, 11) is 2.23. The molecule has 1 aromatic carbocycles. The molecule has 0 unspecified atom stereocenters. The molecule has 18 heavy (non-hydrogen) atoms. The molecular formula is C16H24BrN. The Morgan fingerprint density at radius 2 is 1.83 bits per heavy atom. The molecule has 0 N–H and O–H groups in total. The molecule has 0 saturated heterocycles. The molecule has 100 valence electrons. The van der Waals surface area contributed by atoms with Crippen molar-refractivity contribution in [3.63, 3.8) is 0 Å². The van der Waals surface area contributed by atoms with Gasteiger partial charge in [-0.3, -0.25) is 0 Å². The fourth-order valence-electron chi connectivity index (χ4n) is 2.63. The van der Waals surface area contributed by atoms with Gasteiger partial charge in [-0.15, -0.1) is 0 Å². The first kappa shape index (κ1) is 14.1. The van der Waals surface area contributed by atoms with Crippen LogP contribution in [-0.4, -0.2) is 23.3 Å². The lowest BCUT2D eigenvalue weighted by molar-refractivity contribution is 0.208. The molecule has 1 nitrogen and oxygen atoms in total. The van der Waals surface area contributed by atoms with Crippen molar-refractivity contribution in [1.82, 2.24) is 4.90 Å². The van der Waals surface area contributed by atoms with Gasteiger partial charge < -0.3 is 4.90 Å². The average molecular weight is 310 g/mol. The highest BCUT2D eigenvalue weighted by Crippen LogP contribution is 2.33. The Morgan fingerprint density at radius 3 is 2.33 bits per heavy atom. The molecule has 0 bridgehead atoms. The van der Waals surface area contributed by atoms with Crippen molar-refractivity contribution < 1.29 is 0 Å². The van der Waals surface area contributed by atoms with Crippen LogP contribution in [0.3, 0.4) is 0 Å². The topological polar surface area (TPSA) is 3.24 Å². The van der Waals surface area contributed by atoms with E-state index in [4.69, 9.17) is 0 Å². The van der Waals surface area contributed by atoms with E-state index in [1.165, 1.54) is 30.5 Å². The van der Waals surface area contributed by atoms with E-state index in [9.17, 15) is 0 Å². The quantitative estimate of drug-likeness (QED) is 0.728. The van der Waals surface area contributed by atoms with Crippen molar-refractivity contribution in [3.8, 4) is 0 Å². The molecule has 1 fully saturated rings. The van der Waals surface area contributed by atoms with Gasteiger partial charge in [-0.2, -0.15) is 0 Å². The third-order valence-electron chi connectivity index (χ3n) is 3.85. The van der Waals surface area contributed by atoms with Crippen molar-refractivity contribution in [2.24, 2.45) is 5.92 Å². The normalized spacial score (nSPS) is 23.4. The smallest absolute Gasteiger partial charge is 0.0230 e. The van der Waals surface area contributed by atoms with E-state index >= 15 is 0 Å². The number of halogens is 1. The van der Waals surface area contributed by atoms with Crippen LogP contribution in [0.1, 0.15) is 43.7 Å². The molecule has 1 aromatic rings. The highest BCUT2D eigenvalue weighted by molar-refractivity contribution is 9.09. The molecule has 2 rings (SSSR count). The number of rotatable bonds is 5. The summed E-state index contributed by atoms with van der Waals surface area (Å²) in [5.41, 5.74) is 2.86. The van der Waals surface area contributed by atoms with Gasteiger partial charge in [0.25, 0.3) is 0 Å². The summed E-state index contributed by atoms with van der Waals surface area (Å²) >= 11 is 3.66. The Balaban J connectivity index is 1.81. The standard InChI is InChI=1S/C16H24BrN/c1-12(2)15-6-4-13(5-7-15)10-18(3)11-14-8-16(17)9-14/h4-7,12,14,16H,8-11H2,1-3H3. The van der Waals surface area contributed by atoms with Crippen LogP contribution in [-0.2, 0) is 6.54 Å². The lowest BCUT2D eigenvalue weighted by Gasteiger charge is -2.34. The minimum atomic E-state index is 0.627. The van der Waals surface area contributed by atoms with Crippen molar-refractivity contribution in [1.29, 1.82) is 0 Å². The number of alkyl halides is 1. The summed E-state index contributed by atoms with van der Waals surface area (Å²) in [6.07, 6.45) is 2.69. The Morgan fingerprint density at radius 1 is 1.22 bits per heavy atom. The van der Waals surface area contributed by atoms with Gasteiger partial charge in [-0.05, 0) is 42.9 Å². The molecule has 0 heterocycles. The van der Waals surface area contributed by atoms with Gasteiger partial charge in [0.15, 0.2) is 0 Å². The summed E-state index contributed by atoms with van der Waals surface area (Å²) in [5.74, 6) is 1.52. The number of hydrogen-bond donors (Lipinski definition) is 0. The van der Waals surface area contributed by atoms with Crippen LogP contribution in [0.4, 0.5) is 0 Å². The third kappa shape index (κ3) is 3.83. The summed E-state index contributed by atoms with van der Waals surface area (Å²) in [5, 5.41) is 0. The van der Waals surface area contributed by atoms with Gasteiger partial charge in [0, 0.05) is 17.9 Å². The van der Waals surface area contributed by atoms with Crippen molar-refractivity contribution in [3.05, 3.63) is 35.4 Å². The SMILES string of the molecule is CC(C)c1ccc(CN(C)CC2CC(Br)C2)cc1. The second-order valence-electron chi connectivity index (χ2n) is 6.03. The van der Waals surface area contributed by atoms with Crippen LogP contribution < -0.4 is 0 Å². The van der Waals surface area contributed by atoms with E-state index in [0.717, 1.165) is 17.3 Å². The molecule has 0 amide bonds. The maximum absolute atomic E-state index is 3.66. The minimum Gasteiger partial charge on any atom is -0.302 e. The predicted molar refractivity (Wildman–Crippen MR) is 82.3 cm³/mol. The predicted octanol–water partition coefficient (Wildman–Crippen LogP) is 4.42. The highest BCUT2D eigenvalue weighted by Gasteiger charge is 2.27. The molecule has 0 aliphatic heterocycles. The maximum Gasteiger partial charge on any atom is 0.0230 e. The zero-order valence-corrected chi connectivity index (χ0v) is 13.3. The van der Waals surface area contributed by atoms with Gasteiger partial charge >= 0.3 is 0 Å². The molecule has 1 aliphatic carbocycles.